The highest BCUT2D eigenvalue weighted by molar-refractivity contribution is 6.30. The van der Waals surface area contributed by atoms with Crippen LogP contribution in [0, 0.1) is 0 Å². The third-order valence-electron chi connectivity index (χ3n) is 7.16. The number of hydrogen-bond acceptors (Lipinski definition) is 8. The average Bonchev–Trinajstić information content (AvgIpc) is 3.25. The Kier molecular flexibility index (Phi) is 8.90. The van der Waals surface area contributed by atoms with Gasteiger partial charge in [0.15, 0.2) is 5.84 Å². The number of pyridine rings is 1. The number of halogens is 1. The second-order valence-corrected chi connectivity index (χ2v) is 10.4. The molecule has 0 saturated carbocycles. The highest BCUT2D eigenvalue weighted by Crippen LogP contribution is 2.29. The molecule has 1 aromatic rings. The number of aliphatic hydroxyl groups is 1. The van der Waals surface area contributed by atoms with E-state index in [2.05, 4.69) is 38.6 Å². The van der Waals surface area contributed by atoms with Crippen LogP contribution in [-0.2, 0) is 11.3 Å². The quantitative estimate of drug-likeness (QED) is 0.329. The first-order chi connectivity index (χ1) is 18.6. The van der Waals surface area contributed by atoms with Crippen LogP contribution in [0.3, 0.4) is 0 Å². The van der Waals surface area contributed by atoms with Crippen molar-refractivity contribution in [2.45, 2.75) is 57.5 Å². The van der Waals surface area contributed by atoms with Gasteiger partial charge < -0.3 is 9.84 Å². The summed E-state index contributed by atoms with van der Waals surface area (Å²) < 4.78 is 5.87. The lowest BCUT2D eigenvalue weighted by atomic mass is 10.1. The molecule has 1 fully saturated rings. The molecule has 0 spiro atoms. The highest BCUT2D eigenvalue weighted by atomic mass is 35.5. The molecule has 10 heteroatoms. The molecule has 0 bridgehead atoms. The second-order valence-electron chi connectivity index (χ2n) is 9.95. The number of ether oxygens (including phenoxy) is 1. The molecule has 9 nitrogen and oxygen atoms in total. The van der Waals surface area contributed by atoms with Gasteiger partial charge in [0, 0.05) is 19.2 Å². The van der Waals surface area contributed by atoms with Crippen molar-refractivity contribution in [2.24, 2.45) is 9.98 Å². The maximum Gasteiger partial charge on any atom is 0.175 e. The summed E-state index contributed by atoms with van der Waals surface area (Å²) in [4.78, 5) is 16.1. The molecule has 3 N–H and O–H groups in total. The third kappa shape index (κ3) is 6.71. The number of hydrazine groups is 1. The third-order valence-corrected chi connectivity index (χ3v) is 7.50. The molecule has 0 radical (unpaired) electrons. The number of rotatable bonds is 9. The van der Waals surface area contributed by atoms with Crippen molar-refractivity contribution in [2.75, 3.05) is 26.2 Å². The molecule has 1 saturated heterocycles. The fourth-order valence-electron chi connectivity index (χ4n) is 5.09. The Morgan fingerprint density at radius 2 is 2.18 bits per heavy atom. The van der Waals surface area contributed by atoms with E-state index in [0.717, 1.165) is 36.6 Å². The molecular formula is C28H36ClN7O2. The van der Waals surface area contributed by atoms with Crippen molar-refractivity contribution < 1.29 is 9.84 Å². The monoisotopic (exact) mass is 537 g/mol. The van der Waals surface area contributed by atoms with Gasteiger partial charge in [-0.05, 0) is 62.7 Å². The zero-order valence-electron chi connectivity index (χ0n) is 21.8. The number of likely N-dealkylation sites (tertiary alicyclic amines) is 1. The summed E-state index contributed by atoms with van der Waals surface area (Å²) in [5.74, 6) is 1.30. The van der Waals surface area contributed by atoms with Gasteiger partial charge in [-0.15, -0.1) is 0 Å². The second kappa shape index (κ2) is 12.7. The molecule has 3 atom stereocenters. The van der Waals surface area contributed by atoms with Crippen LogP contribution >= 0.6 is 11.6 Å². The Balaban J connectivity index is 1.19. The molecule has 38 heavy (non-hydrogen) atoms. The van der Waals surface area contributed by atoms with Crippen LogP contribution < -0.4 is 10.7 Å². The van der Waals surface area contributed by atoms with Gasteiger partial charge in [0.2, 0.25) is 0 Å². The lowest BCUT2D eigenvalue weighted by molar-refractivity contribution is 0.166. The van der Waals surface area contributed by atoms with E-state index in [9.17, 15) is 5.11 Å². The molecule has 3 aliphatic heterocycles. The summed E-state index contributed by atoms with van der Waals surface area (Å²) in [7, 11) is 0. The van der Waals surface area contributed by atoms with Gasteiger partial charge >= 0.3 is 0 Å². The van der Waals surface area contributed by atoms with Crippen molar-refractivity contribution in [3.8, 4) is 0 Å². The molecule has 1 aromatic heterocycles. The molecule has 0 unspecified atom stereocenters. The first-order valence-electron chi connectivity index (χ1n) is 13.3. The van der Waals surface area contributed by atoms with E-state index in [0.29, 0.717) is 36.2 Å². The largest absolute Gasteiger partial charge is 0.486 e. The van der Waals surface area contributed by atoms with Gasteiger partial charge in [-0.2, -0.15) is 0 Å². The van der Waals surface area contributed by atoms with Crippen molar-refractivity contribution in [1.29, 1.82) is 0 Å². The molecule has 0 aromatic carbocycles. The molecular weight excluding hydrogens is 502 g/mol. The molecule has 4 aliphatic rings. The van der Waals surface area contributed by atoms with E-state index in [1.165, 1.54) is 19.3 Å². The standard InChI is InChI=1S/C28H36ClN7O2/c1-20-24(34-26(37)9-7-15-35-13-5-2-6-14-35)17-36-27(20)28(31-19-32-36)33-21-10-11-25(23(29)16-21)38-18-22-8-3-4-12-30-22/h3-4,7-12,19,21,24,26,34,37H,2,5-6,13-18H2,1H3,(H,31,32,33)/b9-7+/t21-,24+,26+/m0/s1. The molecule has 0 amide bonds. The number of fused-ring (bicyclic) bond motifs is 1. The Morgan fingerprint density at radius 1 is 1.32 bits per heavy atom. The van der Waals surface area contributed by atoms with Crippen molar-refractivity contribution >= 4 is 23.8 Å². The van der Waals surface area contributed by atoms with Crippen molar-refractivity contribution in [3.05, 3.63) is 76.5 Å². The Bertz CT molecular complexity index is 1150. The number of nitrogens with one attached hydrogen (secondary N) is 2. The first-order valence-corrected chi connectivity index (χ1v) is 13.7. The van der Waals surface area contributed by atoms with Crippen molar-refractivity contribution in [1.82, 2.24) is 25.6 Å². The SMILES string of the molecule is CC1=C2C(=N[C@H]3C=CC(OCc4ccccn4)=C(Cl)C3)N=CNN2C[C@H]1N[C@H](O)/C=C/CN1CCCCC1. The minimum atomic E-state index is -0.724. The number of aromatic nitrogens is 1. The molecule has 1 aliphatic carbocycles. The van der Waals surface area contributed by atoms with E-state index in [-0.39, 0.29) is 12.1 Å². The summed E-state index contributed by atoms with van der Waals surface area (Å²) >= 11 is 6.57. The average molecular weight is 538 g/mol. The number of aliphatic hydroxyl groups excluding tert-OH is 1. The Morgan fingerprint density at radius 3 is 2.97 bits per heavy atom. The van der Waals surface area contributed by atoms with E-state index in [4.69, 9.17) is 21.3 Å². The zero-order chi connectivity index (χ0) is 26.3. The summed E-state index contributed by atoms with van der Waals surface area (Å²) in [6, 6.07) is 5.55. The zero-order valence-corrected chi connectivity index (χ0v) is 22.5. The van der Waals surface area contributed by atoms with Crippen LogP contribution in [0.4, 0.5) is 0 Å². The topological polar surface area (TPSA) is 97.6 Å². The highest BCUT2D eigenvalue weighted by Gasteiger charge is 2.34. The van der Waals surface area contributed by atoms with Gasteiger partial charge in [-0.25, -0.2) is 4.99 Å². The minimum Gasteiger partial charge on any atom is -0.486 e. The fraction of sp³-hybridized carbons (Fsp3) is 0.464. The maximum absolute atomic E-state index is 10.6. The number of hydrogen-bond donors (Lipinski definition) is 3. The van der Waals surface area contributed by atoms with Gasteiger partial charge in [-0.3, -0.25) is 30.6 Å². The number of amidine groups is 1. The Hall–Kier alpha value is -2.98. The smallest absolute Gasteiger partial charge is 0.175 e. The van der Waals surface area contributed by atoms with E-state index in [1.54, 1.807) is 12.5 Å². The lowest BCUT2D eigenvalue weighted by Gasteiger charge is -2.26. The Labute approximate surface area is 229 Å². The van der Waals surface area contributed by atoms with E-state index in [1.807, 2.05) is 41.4 Å². The normalized spacial score (nSPS) is 25.9. The van der Waals surface area contributed by atoms with Crippen LogP contribution in [-0.4, -0.2) is 76.7 Å². The van der Waals surface area contributed by atoms with Crippen LogP contribution in [0.25, 0.3) is 0 Å². The summed E-state index contributed by atoms with van der Waals surface area (Å²) in [5, 5.41) is 16.6. The van der Waals surface area contributed by atoms with Crippen LogP contribution in [0.2, 0.25) is 0 Å². The predicted molar refractivity (Wildman–Crippen MR) is 150 cm³/mol. The fourth-order valence-corrected chi connectivity index (χ4v) is 5.36. The number of piperidine rings is 1. The van der Waals surface area contributed by atoms with Crippen molar-refractivity contribution in [3.63, 3.8) is 0 Å². The molecule has 202 valence electrons. The minimum absolute atomic E-state index is 0.0315. The van der Waals surface area contributed by atoms with Gasteiger partial charge in [0.1, 0.15) is 30.6 Å². The number of aliphatic imine (C=N–C) groups is 2. The van der Waals surface area contributed by atoms with Crippen LogP contribution in [0.5, 0.6) is 0 Å². The molecule has 4 heterocycles. The summed E-state index contributed by atoms with van der Waals surface area (Å²) in [6.07, 6.45) is 14.8. The van der Waals surface area contributed by atoms with Crippen LogP contribution in [0.15, 0.2) is 80.7 Å². The van der Waals surface area contributed by atoms with Gasteiger partial charge in [0.05, 0.1) is 29.4 Å². The lowest BCUT2D eigenvalue weighted by Crippen LogP contribution is -2.45. The maximum atomic E-state index is 10.6. The van der Waals surface area contributed by atoms with E-state index >= 15 is 0 Å². The van der Waals surface area contributed by atoms with Gasteiger partial charge in [0.25, 0.3) is 0 Å². The summed E-state index contributed by atoms with van der Waals surface area (Å²) in [6.45, 7) is 6.24. The summed E-state index contributed by atoms with van der Waals surface area (Å²) in [5.41, 5.74) is 6.05. The van der Waals surface area contributed by atoms with Crippen LogP contribution in [0.1, 0.15) is 38.3 Å². The number of allylic oxidation sites excluding steroid dienone is 1. The van der Waals surface area contributed by atoms with E-state index < -0.39 is 6.23 Å². The predicted octanol–water partition coefficient (Wildman–Crippen LogP) is 3.23. The number of nitrogens with zero attached hydrogens (tertiary/aromatic N) is 5. The molecule has 5 rings (SSSR count). The van der Waals surface area contributed by atoms with Gasteiger partial charge in [-0.1, -0.05) is 36.2 Å². The first kappa shape index (κ1) is 26.6.